The van der Waals surface area contributed by atoms with Gasteiger partial charge in [0.15, 0.2) is 0 Å². The van der Waals surface area contributed by atoms with Gasteiger partial charge >= 0.3 is 5.97 Å². The van der Waals surface area contributed by atoms with Gasteiger partial charge in [0, 0.05) is 39.3 Å². The molecular formula is C11H21N3O3. The number of ether oxygens (including phenoxy) is 1. The molecule has 0 aromatic heterocycles. The molecule has 2 atom stereocenters. The highest BCUT2D eigenvalue weighted by Crippen LogP contribution is 2.10. The summed E-state index contributed by atoms with van der Waals surface area (Å²) in [6, 6.07) is -0.417. The normalized spacial score (nSPS) is 32.5. The third kappa shape index (κ3) is 3.38. The van der Waals surface area contributed by atoms with E-state index in [1.165, 1.54) is 0 Å². The Morgan fingerprint density at radius 1 is 1.53 bits per heavy atom. The quantitative estimate of drug-likeness (QED) is 0.641. The van der Waals surface area contributed by atoms with Crippen molar-refractivity contribution in [3.05, 3.63) is 0 Å². The molecule has 6 heteroatoms. The first kappa shape index (κ1) is 12.8. The molecule has 0 aliphatic carbocycles. The Labute approximate surface area is 102 Å². The molecule has 17 heavy (non-hydrogen) atoms. The number of hydrogen-bond acceptors (Lipinski definition) is 5. The van der Waals surface area contributed by atoms with Crippen LogP contribution in [0.1, 0.15) is 0 Å². The highest BCUT2D eigenvalue weighted by molar-refractivity contribution is 5.74. The van der Waals surface area contributed by atoms with Crippen LogP contribution >= 0.6 is 0 Å². The van der Waals surface area contributed by atoms with Gasteiger partial charge in [-0.15, -0.1) is 0 Å². The predicted molar refractivity (Wildman–Crippen MR) is 63.1 cm³/mol. The number of nitrogens with zero attached hydrogens (tertiary/aromatic N) is 2. The maximum Gasteiger partial charge on any atom is 0.322 e. The van der Waals surface area contributed by atoms with Crippen molar-refractivity contribution < 1.29 is 14.6 Å². The first-order valence-electron chi connectivity index (χ1n) is 6.14. The van der Waals surface area contributed by atoms with Crippen LogP contribution in [0.3, 0.4) is 0 Å². The van der Waals surface area contributed by atoms with Crippen LogP contribution in [0.25, 0.3) is 0 Å². The van der Waals surface area contributed by atoms with Gasteiger partial charge in [-0.1, -0.05) is 0 Å². The van der Waals surface area contributed by atoms with Crippen LogP contribution in [0.4, 0.5) is 0 Å². The summed E-state index contributed by atoms with van der Waals surface area (Å²) in [4.78, 5) is 15.4. The van der Waals surface area contributed by atoms with Crippen LogP contribution < -0.4 is 5.32 Å². The van der Waals surface area contributed by atoms with E-state index in [1.807, 2.05) is 4.90 Å². The molecular weight excluding hydrogens is 222 g/mol. The van der Waals surface area contributed by atoms with Crippen molar-refractivity contribution in [1.82, 2.24) is 15.1 Å². The lowest BCUT2D eigenvalue weighted by molar-refractivity contribution is -0.145. The zero-order chi connectivity index (χ0) is 12.3. The van der Waals surface area contributed by atoms with Gasteiger partial charge in [-0.25, -0.2) is 0 Å². The Morgan fingerprint density at radius 3 is 3.06 bits per heavy atom. The van der Waals surface area contributed by atoms with E-state index in [4.69, 9.17) is 9.84 Å². The van der Waals surface area contributed by atoms with Crippen LogP contribution in [0.5, 0.6) is 0 Å². The third-order valence-electron chi connectivity index (χ3n) is 3.42. The molecule has 0 radical (unpaired) electrons. The number of carboxylic acid groups (broad SMARTS) is 1. The van der Waals surface area contributed by atoms with Gasteiger partial charge < -0.3 is 20.1 Å². The number of likely N-dealkylation sites (N-methyl/N-ethyl adjacent to an activating group) is 1. The molecule has 2 heterocycles. The minimum atomic E-state index is -0.749. The molecule has 2 aliphatic heterocycles. The average molecular weight is 243 g/mol. The van der Waals surface area contributed by atoms with Crippen molar-refractivity contribution in [3.63, 3.8) is 0 Å². The summed E-state index contributed by atoms with van der Waals surface area (Å²) in [6.07, 6.45) is 0.133. The number of piperazine rings is 1. The first-order chi connectivity index (χ1) is 8.16. The SMILES string of the molecule is CN1CCOC(CN2CCNCC2C(=O)O)C1. The van der Waals surface area contributed by atoms with Crippen LogP contribution in [0, 0.1) is 0 Å². The smallest absolute Gasteiger partial charge is 0.322 e. The van der Waals surface area contributed by atoms with Crippen molar-refractivity contribution in [2.45, 2.75) is 12.1 Å². The molecule has 0 bridgehead atoms. The predicted octanol–water partition coefficient (Wildman–Crippen LogP) is -1.32. The maximum atomic E-state index is 11.1. The van der Waals surface area contributed by atoms with Gasteiger partial charge in [0.25, 0.3) is 0 Å². The maximum absolute atomic E-state index is 11.1. The Kier molecular flexibility index (Phi) is 4.33. The van der Waals surface area contributed by atoms with Gasteiger partial charge in [-0.3, -0.25) is 9.69 Å². The fraction of sp³-hybridized carbons (Fsp3) is 0.909. The molecule has 2 N–H and O–H groups in total. The Morgan fingerprint density at radius 2 is 2.35 bits per heavy atom. The largest absolute Gasteiger partial charge is 0.480 e. The topological polar surface area (TPSA) is 65.0 Å². The number of carboxylic acids is 1. The summed E-state index contributed by atoms with van der Waals surface area (Å²) >= 11 is 0. The first-order valence-corrected chi connectivity index (χ1v) is 6.14. The fourth-order valence-corrected chi connectivity index (χ4v) is 2.45. The van der Waals surface area contributed by atoms with E-state index in [-0.39, 0.29) is 6.10 Å². The number of carbonyl (C=O) groups is 1. The second-order valence-electron chi connectivity index (χ2n) is 4.81. The molecule has 2 fully saturated rings. The molecule has 0 aromatic carbocycles. The van der Waals surface area contributed by atoms with Crippen LogP contribution in [0.2, 0.25) is 0 Å². The standard InChI is InChI=1S/C11H21N3O3/c1-13-4-5-17-9(7-13)8-14-3-2-12-6-10(14)11(15)16/h9-10,12H,2-8H2,1H3,(H,15,16). The molecule has 2 unspecified atom stereocenters. The van der Waals surface area contributed by atoms with Gasteiger partial charge in [0.1, 0.15) is 6.04 Å². The lowest BCUT2D eigenvalue weighted by Crippen LogP contribution is -2.58. The number of nitrogens with one attached hydrogen (secondary N) is 1. The van der Waals surface area contributed by atoms with E-state index in [1.54, 1.807) is 0 Å². The van der Waals surface area contributed by atoms with E-state index in [0.717, 1.165) is 32.8 Å². The van der Waals surface area contributed by atoms with Gasteiger partial charge in [-0.05, 0) is 7.05 Å². The van der Waals surface area contributed by atoms with Gasteiger partial charge in [-0.2, -0.15) is 0 Å². The highest BCUT2D eigenvalue weighted by atomic mass is 16.5. The molecule has 6 nitrogen and oxygen atoms in total. The fourth-order valence-electron chi connectivity index (χ4n) is 2.45. The minimum Gasteiger partial charge on any atom is -0.480 e. The van der Waals surface area contributed by atoms with E-state index in [2.05, 4.69) is 17.3 Å². The number of morpholine rings is 1. The van der Waals surface area contributed by atoms with E-state index in [9.17, 15) is 4.79 Å². The Balaban J connectivity index is 1.89. The molecule has 2 saturated heterocycles. The summed E-state index contributed by atoms with van der Waals surface area (Å²) in [7, 11) is 2.07. The Hall–Kier alpha value is -0.690. The number of hydrogen-bond donors (Lipinski definition) is 2. The number of rotatable bonds is 3. The zero-order valence-corrected chi connectivity index (χ0v) is 10.3. The van der Waals surface area contributed by atoms with Gasteiger partial charge in [0.05, 0.1) is 12.7 Å². The highest BCUT2D eigenvalue weighted by Gasteiger charge is 2.31. The number of aliphatic carboxylic acids is 1. The van der Waals surface area contributed by atoms with Crippen molar-refractivity contribution in [1.29, 1.82) is 0 Å². The molecule has 0 saturated carbocycles. The molecule has 2 rings (SSSR count). The summed E-state index contributed by atoms with van der Waals surface area (Å²) < 4.78 is 5.68. The average Bonchev–Trinajstić information content (AvgIpc) is 2.29. The molecule has 98 valence electrons. The monoisotopic (exact) mass is 243 g/mol. The summed E-state index contributed by atoms with van der Waals surface area (Å²) in [5.74, 6) is -0.749. The lowest BCUT2D eigenvalue weighted by Gasteiger charge is -2.38. The van der Waals surface area contributed by atoms with Crippen molar-refractivity contribution in [2.75, 3.05) is 52.9 Å². The molecule has 0 spiro atoms. The minimum absolute atomic E-state index is 0.133. The molecule has 2 aliphatic rings. The zero-order valence-electron chi connectivity index (χ0n) is 10.3. The van der Waals surface area contributed by atoms with Crippen LogP contribution in [-0.4, -0.2) is 85.9 Å². The van der Waals surface area contributed by atoms with Gasteiger partial charge in [0.2, 0.25) is 0 Å². The Bertz CT molecular complexity index is 275. The van der Waals surface area contributed by atoms with E-state index in [0.29, 0.717) is 13.1 Å². The van der Waals surface area contributed by atoms with Crippen LogP contribution in [-0.2, 0) is 9.53 Å². The van der Waals surface area contributed by atoms with Crippen molar-refractivity contribution >= 4 is 5.97 Å². The summed E-state index contributed by atoms with van der Waals surface area (Å²) in [5.41, 5.74) is 0. The summed E-state index contributed by atoms with van der Waals surface area (Å²) in [5, 5.41) is 12.3. The lowest BCUT2D eigenvalue weighted by atomic mass is 10.1. The van der Waals surface area contributed by atoms with E-state index < -0.39 is 12.0 Å². The second kappa shape index (κ2) is 5.77. The van der Waals surface area contributed by atoms with E-state index >= 15 is 0 Å². The van der Waals surface area contributed by atoms with Crippen LogP contribution in [0.15, 0.2) is 0 Å². The molecule has 0 aromatic rings. The third-order valence-corrected chi connectivity index (χ3v) is 3.42. The summed E-state index contributed by atoms with van der Waals surface area (Å²) in [6.45, 7) is 5.45. The second-order valence-corrected chi connectivity index (χ2v) is 4.81. The van der Waals surface area contributed by atoms with Crippen molar-refractivity contribution in [2.24, 2.45) is 0 Å². The van der Waals surface area contributed by atoms with Crippen molar-refractivity contribution in [3.8, 4) is 0 Å². The molecule has 0 amide bonds.